The van der Waals surface area contributed by atoms with Gasteiger partial charge in [-0.15, -0.1) is 0 Å². The molecule has 1 saturated heterocycles. The summed E-state index contributed by atoms with van der Waals surface area (Å²) >= 11 is 0. The molecule has 1 atom stereocenters. The van der Waals surface area contributed by atoms with Crippen LogP contribution in [0.4, 0.5) is 0 Å². The minimum Gasteiger partial charge on any atom is -0.496 e. The minimum absolute atomic E-state index is 0.166. The second-order valence-corrected chi connectivity index (χ2v) is 9.17. The van der Waals surface area contributed by atoms with E-state index in [-0.39, 0.29) is 17.2 Å². The highest BCUT2D eigenvalue weighted by Gasteiger charge is 2.58. The maximum absolute atomic E-state index is 12.8. The average Bonchev–Trinajstić information content (AvgIpc) is 3.36. The Morgan fingerprint density at radius 3 is 2.70 bits per heavy atom. The number of carbonyl (C=O) groups excluding carboxylic acids is 1. The van der Waals surface area contributed by atoms with Crippen LogP contribution in [-0.2, 0) is 17.8 Å². The summed E-state index contributed by atoms with van der Waals surface area (Å²) in [6.45, 7) is 3.56. The topological polar surface area (TPSA) is 72.3 Å². The van der Waals surface area contributed by atoms with Crippen LogP contribution in [0, 0.1) is 11.3 Å². The number of aromatic nitrogens is 3. The molecular formula is C26H31N5O2. The van der Waals surface area contributed by atoms with Gasteiger partial charge in [0.1, 0.15) is 5.75 Å². The van der Waals surface area contributed by atoms with Crippen molar-refractivity contribution in [3.63, 3.8) is 0 Å². The van der Waals surface area contributed by atoms with E-state index in [1.807, 2.05) is 36.5 Å². The van der Waals surface area contributed by atoms with Gasteiger partial charge in [0, 0.05) is 43.3 Å². The molecule has 172 valence electrons. The average molecular weight is 446 g/mol. The molecule has 7 heteroatoms. The molecule has 2 aromatic heterocycles. The third kappa shape index (κ3) is 4.64. The van der Waals surface area contributed by atoms with Crippen molar-refractivity contribution >= 4 is 5.91 Å². The van der Waals surface area contributed by atoms with E-state index in [2.05, 4.69) is 36.9 Å². The van der Waals surface area contributed by atoms with Gasteiger partial charge in [-0.2, -0.15) is 0 Å². The number of likely N-dealkylation sites (tertiary alicyclic amines) is 1. The van der Waals surface area contributed by atoms with Crippen LogP contribution in [0.2, 0.25) is 0 Å². The van der Waals surface area contributed by atoms with Gasteiger partial charge in [0.2, 0.25) is 11.9 Å². The monoisotopic (exact) mass is 445 g/mol. The second-order valence-electron chi connectivity index (χ2n) is 9.17. The Bertz CT molecular complexity index is 1090. The van der Waals surface area contributed by atoms with Crippen LogP contribution in [0.5, 0.6) is 5.75 Å². The Hall–Kier alpha value is -3.19. The first-order chi connectivity index (χ1) is 16.2. The maximum atomic E-state index is 12.8. The van der Waals surface area contributed by atoms with Crippen LogP contribution in [0.1, 0.15) is 30.5 Å². The summed E-state index contributed by atoms with van der Waals surface area (Å²) in [7, 11) is 1.68. The van der Waals surface area contributed by atoms with Crippen molar-refractivity contribution in [2.45, 2.75) is 32.2 Å². The lowest BCUT2D eigenvalue weighted by Gasteiger charge is -2.32. The summed E-state index contributed by atoms with van der Waals surface area (Å²) in [5, 5.41) is 3.16. The van der Waals surface area contributed by atoms with Crippen LogP contribution in [-0.4, -0.2) is 52.1 Å². The largest absolute Gasteiger partial charge is 0.496 e. The van der Waals surface area contributed by atoms with E-state index in [4.69, 9.17) is 4.74 Å². The van der Waals surface area contributed by atoms with Gasteiger partial charge in [0.15, 0.2) is 0 Å². The van der Waals surface area contributed by atoms with Crippen LogP contribution >= 0.6 is 0 Å². The number of methoxy groups -OCH3 is 1. The lowest BCUT2D eigenvalue weighted by atomic mass is 9.90. The van der Waals surface area contributed by atoms with Crippen molar-refractivity contribution in [3.05, 3.63) is 72.3 Å². The first-order valence-corrected chi connectivity index (χ1v) is 11.7. The fourth-order valence-electron chi connectivity index (χ4n) is 5.17. The number of carbonyl (C=O) groups is 1. The number of para-hydroxylation sites is 1. The van der Waals surface area contributed by atoms with E-state index in [0.717, 1.165) is 56.6 Å². The molecule has 1 aliphatic heterocycles. The molecule has 1 spiro atoms. The second kappa shape index (κ2) is 9.35. The molecule has 2 aliphatic rings. The number of hydrogen-bond acceptors (Lipinski definition) is 5. The van der Waals surface area contributed by atoms with Crippen LogP contribution in [0.3, 0.4) is 0 Å². The zero-order valence-corrected chi connectivity index (χ0v) is 19.1. The third-order valence-electron chi connectivity index (χ3n) is 7.23. The van der Waals surface area contributed by atoms with Gasteiger partial charge in [-0.3, -0.25) is 14.3 Å². The Kier molecular flexibility index (Phi) is 6.13. The molecule has 1 unspecified atom stereocenters. The molecule has 3 heterocycles. The molecule has 1 saturated carbocycles. The summed E-state index contributed by atoms with van der Waals surface area (Å²) in [6, 6.07) is 14.0. The Balaban J connectivity index is 1.10. The molecule has 7 nitrogen and oxygen atoms in total. The van der Waals surface area contributed by atoms with E-state index in [9.17, 15) is 4.79 Å². The Morgan fingerprint density at radius 2 is 1.91 bits per heavy atom. The number of piperidine rings is 1. The zero-order chi connectivity index (χ0) is 22.7. The fraction of sp³-hybridized carbons (Fsp3) is 0.423. The number of nitrogens with one attached hydrogen (secondary N) is 1. The van der Waals surface area contributed by atoms with Crippen LogP contribution in [0.15, 0.2) is 61.1 Å². The fourth-order valence-corrected chi connectivity index (χ4v) is 5.17. The van der Waals surface area contributed by atoms with E-state index in [1.165, 1.54) is 5.69 Å². The predicted molar refractivity (Wildman–Crippen MR) is 126 cm³/mol. The standard InChI is InChI=1S/C26H31N5O2/c1-33-23-8-3-2-6-20(23)9-14-27-24(32)22-18-26(22)10-16-30(17-11-26)19-21-7-4-15-31(21)25-28-12-5-13-29-25/h2-8,12-13,15,22H,9-11,14,16-19H2,1H3,(H,27,32). The number of rotatable bonds is 8. The summed E-state index contributed by atoms with van der Waals surface area (Å²) in [6.07, 6.45) is 9.53. The molecular weight excluding hydrogens is 414 g/mol. The molecule has 1 N–H and O–H groups in total. The van der Waals surface area contributed by atoms with E-state index >= 15 is 0 Å². The van der Waals surface area contributed by atoms with E-state index in [1.54, 1.807) is 19.5 Å². The van der Waals surface area contributed by atoms with Crippen molar-refractivity contribution in [2.75, 3.05) is 26.7 Å². The normalized spacial score (nSPS) is 19.4. The molecule has 0 radical (unpaired) electrons. The van der Waals surface area contributed by atoms with E-state index in [0.29, 0.717) is 12.5 Å². The van der Waals surface area contributed by atoms with Gasteiger partial charge < -0.3 is 10.1 Å². The van der Waals surface area contributed by atoms with Gasteiger partial charge in [-0.1, -0.05) is 18.2 Å². The molecule has 1 amide bonds. The molecule has 2 fully saturated rings. The highest BCUT2D eigenvalue weighted by atomic mass is 16.5. The molecule has 3 aromatic rings. The quantitative estimate of drug-likeness (QED) is 0.576. The molecule has 1 aliphatic carbocycles. The zero-order valence-electron chi connectivity index (χ0n) is 19.1. The smallest absolute Gasteiger partial charge is 0.233 e. The first kappa shape index (κ1) is 21.6. The van der Waals surface area contributed by atoms with E-state index < -0.39 is 0 Å². The number of amides is 1. The number of hydrogen-bond donors (Lipinski definition) is 1. The summed E-state index contributed by atoms with van der Waals surface area (Å²) in [5.41, 5.74) is 2.53. The van der Waals surface area contributed by atoms with Crippen molar-refractivity contribution in [3.8, 4) is 11.7 Å². The van der Waals surface area contributed by atoms with Crippen molar-refractivity contribution in [1.82, 2.24) is 24.8 Å². The van der Waals surface area contributed by atoms with Crippen LogP contribution < -0.4 is 10.1 Å². The maximum Gasteiger partial charge on any atom is 0.233 e. The third-order valence-corrected chi connectivity index (χ3v) is 7.23. The molecule has 0 bridgehead atoms. The lowest BCUT2D eigenvalue weighted by molar-refractivity contribution is -0.123. The summed E-state index contributed by atoms with van der Waals surface area (Å²) < 4.78 is 7.46. The van der Waals surface area contributed by atoms with Gasteiger partial charge in [-0.25, -0.2) is 9.97 Å². The number of ether oxygens (including phenoxy) is 1. The van der Waals surface area contributed by atoms with Crippen LogP contribution in [0.25, 0.3) is 5.95 Å². The van der Waals surface area contributed by atoms with Gasteiger partial charge >= 0.3 is 0 Å². The highest BCUT2D eigenvalue weighted by molar-refractivity contribution is 5.82. The SMILES string of the molecule is COc1ccccc1CCNC(=O)C1CC12CCN(Cc1cccn1-c1ncccn1)CC2. The van der Waals surface area contributed by atoms with Gasteiger partial charge in [0.25, 0.3) is 0 Å². The lowest BCUT2D eigenvalue weighted by Crippen LogP contribution is -2.37. The summed E-state index contributed by atoms with van der Waals surface area (Å²) in [4.78, 5) is 24.0. The first-order valence-electron chi connectivity index (χ1n) is 11.7. The number of nitrogens with zero attached hydrogens (tertiary/aromatic N) is 4. The highest BCUT2D eigenvalue weighted by Crippen LogP contribution is 2.59. The Labute approximate surface area is 194 Å². The summed E-state index contributed by atoms with van der Waals surface area (Å²) in [5.74, 6) is 1.97. The molecule has 33 heavy (non-hydrogen) atoms. The van der Waals surface area contributed by atoms with Crippen molar-refractivity contribution in [2.24, 2.45) is 11.3 Å². The minimum atomic E-state index is 0.166. The number of benzene rings is 1. The van der Waals surface area contributed by atoms with Crippen molar-refractivity contribution in [1.29, 1.82) is 0 Å². The van der Waals surface area contributed by atoms with Crippen molar-refractivity contribution < 1.29 is 9.53 Å². The predicted octanol–water partition coefficient (Wildman–Crippen LogP) is 3.24. The van der Waals surface area contributed by atoms with Gasteiger partial charge in [-0.05, 0) is 74.0 Å². The molecule has 1 aromatic carbocycles. The van der Waals surface area contributed by atoms with Gasteiger partial charge in [0.05, 0.1) is 7.11 Å². The molecule has 5 rings (SSSR count). The Morgan fingerprint density at radius 1 is 1.12 bits per heavy atom.